The van der Waals surface area contributed by atoms with Gasteiger partial charge in [0.1, 0.15) is 5.75 Å². The lowest BCUT2D eigenvalue weighted by Crippen LogP contribution is -2.18. The Balaban J connectivity index is 3.15. The van der Waals surface area contributed by atoms with Gasteiger partial charge in [-0.15, -0.1) is 24.8 Å². The minimum absolute atomic E-state index is 0.105. The molecule has 0 aliphatic carbocycles. The fourth-order valence-corrected chi connectivity index (χ4v) is 2.01. The Labute approximate surface area is 97.3 Å². The van der Waals surface area contributed by atoms with Crippen molar-refractivity contribution in [1.29, 1.82) is 0 Å². The molecule has 1 aromatic rings. The van der Waals surface area contributed by atoms with Crippen LogP contribution in [0.5, 0.6) is 5.75 Å². The van der Waals surface area contributed by atoms with Crippen LogP contribution in [0.2, 0.25) is 0 Å². The number of hydrogen-bond acceptors (Lipinski definition) is 2. The first-order chi connectivity index (χ1) is 6.83. The van der Waals surface area contributed by atoms with E-state index in [9.17, 15) is 13.2 Å². The summed E-state index contributed by atoms with van der Waals surface area (Å²) in [5.41, 5.74) is 5.75. The van der Waals surface area contributed by atoms with Crippen LogP contribution in [0.1, 0.15) is 5.56 Å². The lowest BCUT2D eigenvalue weighted by atomic mass is 10.2. The standard InChI is InChI=1S/C8H6BrClF3NO/c9-6-1-4(14)2-7(5(6)3-10)15-8(11,12)13/h1-2H,3,14H2. The molecule has 0 radical (unpaired) electrons. The Morgan fingerprint density at radius 2 is 2.00 bits per heavy atom. The van der Waals surface area contributed by atoms with Gasteiger partial charge in [-0.1, -0.05) is 15.9 Å². The first-order valence-electron chi connectivity index (χ1n) is 3.73. The van der Waals surface area contributed by atoms with Crippen molar-refractivity contribution in [2.24, 2.45) is 0 Å². The number of ether oxygens (including phenoxy) is 1. The molecule has 0 spiro atoms. The quantitative estimate of drug-likeness (QED) is 0.668. The van der Waals surface area contributed by atoms with E-state index in [1.54, 1.807) is 0 Å². The molecule has 0 heterocycles. The Hall–Kier alpha value is -0.620. The fourth-order valence-electron chi connectivity index (χ4n) is 0.977. The second-order valence-corrected chi connectivity index (χ2v) is 3.78. The monoisotopic (exact) mass is 303 g/mol. The lowest BCUT2D eigenvalue weighted by molar-refractivity contribution is -0.274. The molecule has 2 N–H and O–H groups in total. The molecule has 84 valence electrons. The summed E-state index contributed by atoms with van der Waals surface area (Å²) < 4.78 is 40.2. The van der Waals surface area contributed by atoms with Gasteiger partial charge in [0.05, 0.1) is 5.88 Å². The van der Waals surface area contributed by atoms with Crippen molar-refractivity contribution in [2.75, 3.05) is 5.73 Å². The Morgan fingerprint density at radius 1 is 1.40 bits per heavy atom. The summed E-state index contributed by atoms with van der Waals surface area (Å²) in [4.78, 5) is 0. The van der Waals surface area contributed by atoms with Crippen LogP contribution in [-0.2, 0) is 5.88 Å². The van der Waals surface area contributed by atoms with Gasteiger partial charge < -0.3 is 10.5 Å². The van der Waals surface area contributed by atoms with E-state index < -0.39 is 6.36 Å². The van der Waals surface area contributed by atoms with Crippen molar-refractivity contribution in [2.45, 2.75) is 12.2 Å². The van der Waals surface area contributed by atoms with Crippen LogP contribution >= 0.6 is 27.5 Å². The molecule has 0 aliphatic heterocycles. The molecule has 0 unspecified atom stereocenters. The van der Waals surface area contributed by atoms with Gasteiger partial charge in [-0.2, -0.15) is 0 Å². The second-order valence-electron chi connectivity index (χ2n) is 2.66. The largest absolute Gasteiger partial charge is 0.573 e. The van der Waals surface area contributed by atoms with Gasteiger partial charge in [-0.3, -0.25) is 0 Å². The third kappa shape index (κ3) is 3.46. The predicted octanol–water partition coefficient (Wildman–Crippen LogP) is 3.67. The maximum Gasteiger partial charge on any atom is 0.573 e. The number of rotatable bonds is 2. The molecule has 0 amide bonds. The zero-order chi connectivity index (χ0) is 11.6. The van der Waals surface area contributed by atoms with Crippen molar-refractivity contribution < 1.29 is 17.9 Å². The molecule has 0 aliphatic rings. The lowest BCUT2D eigenvalue weighted by Gasteiger charge is -2.13. The molecule has 2 nitrogen and oxygen atoms in total. The smallest absolute Gasteiger partial charge is 0.405 e. The van der Waals surface area contributed by atoms with Gasteiger partial charge in [0.2, 0.25) is 0 Å². The van der Waals surface area contributed by atoms with E-state index in [0.717, 1.165) is 6.07 Å². The highest BCUT2D eigenvalue weighted by molar-refractivity contribution is 9.10. The Morgan fingerprint density at radius 3 is 2.47 bits per heavy atom. The van der Waals surface area contributed by atoms with Gasteiger partial charge in [0.15, 0.2) is 0 Å². The Bertz CT molecular complexity index is 370. The highest BCUT2D eigenvalue weighted by atomic mass is 79.9. The van der Waals surface area contributed by atoms with Crippen LogP contribution < -0.4 is 10.5 Å². The summed E-state index contributed by atoms with van der Waals surface area (Å²) in [6, 6.07) is 2.54. The summed E-state index contributed by atoms with van der Waals surface area (Å²) in [5.74, 6) is -0.490. The van der Waals surface area contributed by atoms with Crippen molar-refractivity contribution in [3.63, 3.8) is 0 Å². The van der Waals surface area contributed by atoms with Crippen LogP contribution in [0.15, 0.2) is 16.6 Å². The minimum atomic E-state index is -4.76. The van der Waals surface area contributed by atoms with Crippen LogP contribution in [0, 0.1) is 0 Å². The molecule has 0 aromatic heterocycles. The number of nitrogen functional groups attached to an aromatic ring is 1. The van der Waals surface area contributed by atoms with E-state index in [0.29, 0.717) is 4.47 Å². The zero-order valence-electron chi connectivity index (χ0n) is 7.24. The summed E-state index contributed by atoms with van der Waals surface area (Å²) in [6.07, 6.45) is -4.76. The molecule has 1 aromatic carbocycles. The molecular formula is C8H6BrClF3NO. The highest BCUT2D eigenvalue weighted by Gasteiger charge is 2.32. The summed E-state index contributed by atoms with van der Waals surface area (Å²) in [7, 11) is 0. The number of halogens is 5. The average molecular weight is 304 g/mol. The van der Waals surface area contributed by atoms with Gasteiger partial charge in [0, 0.05) is 21.8 Å². The number of benzene rings is 1. The van der Waals surface area contributed by atoms with E-state index in [1.807, 2.05) is 0 Å². The van der Waals surface area contributed by atoms with Gasteiger partial charge >= 0.3 is 6.36 Å². The molecule has 15 heavy (non-hydrogen) atoms. The molecular weight excluding hydrogens is 298 g/mol. The third-order valence-electron chi connectivity index (χ3n) is 1.54. The molecule has 0 atom stereocenters. The molecule has 0 fully saturated rings. The van der Waals surface area contributed by atoms with Crippen molar-refractivity contribution in [3.05, 3.63) is 22.2 Å². The van der Waals surface area contributed by atoms with E-state index in [1.165, 1.54) is 6.07 Å². The maximum absolute atomic E-state index is 12.0. The van der Waals surface area contributed by atoms with Gasteiger partial charge in [-0.25, -0.2) is 0 Å². The van der Waals surface area contributed by atoms with Crippen LogP contribution in [0.25, 0.3) is 0 Å². The van der Waals surface area contributed by atoms with Crippen molar-refractivity contribution in [1.82, 2.24) is 0 Å². The van der Waals surface area contributed by atoms with E-state index in [4.69, 9.17) is 17.3 Å². The number of nitrogens with two attached hydrogens (primary N) is 1. The Kier molecular flexibility index (Phi) is 3.72. The number of hydrogen-bond donors (Lipinski definition) is 1. The topological polar surface area (TPSA) is 35.2 Å². The maximum atomic E-state index is 12.0. The molecule has 1 rings (SSSR count). The van der Waals surface area contributed by atoms with E-state index >= 15 is 0 Å². The molecule has 0 saturated carbocycles. The van der Waals surface area contributed by atoms with Gasteiger partial charge in [-0.05, 0) is 6.07 Å². The third-order valence-corrected chi connectivity index (χ3v) is 2.51. The second kappa shape index (κ2) is 4.49. The number of anilines is 1. The van der Waals surface area contributed by atoms with E-state index in [-0.39, 0.29) is 22.9 Å². The first-order valence-corrected chi connectivity index (χ1v) is 5.06. The molecule has 0 saturated heterocycles. The predicted molar refractivity (Wildman–Crippen MR) is 54.8 cm³/mol. The van der Waals surface area contributed by atoms with Crippen LogP contribution in [-0.4, -0.2) is 6.36 Å². The fraction of sp³-hybridized carbons (Fsp3) is 0.250. The van der Waals surface area contributed by atoms with Crippen molar-refractivity contribution >= 4 is 33.2 Å². The van der Waals surface area contributed by atoms with Crippen LogP contribution in [0.4, 0.5) is 18.9 Å². The molecule has 0 bridgehead atoms. The average Bonchev–Trinajstić information content (AvgIpc) is 1.99. The van der Waals surface area contributed by atoms with Crippen molar-refractivity contribution in [3.8, 4) is 5.75 Å². The zero-order valence-corrected chi connectivity index (χ0v) is 9.58. The minimum Gasteiger partial charge on any atom is -0.405 e. The summed E-state index contributed by atoms with van der Waals surface area (Å²) in [5, 5.41) is 0. The van der Waals surface area contributed by atoms with Gasteiger partial charge in [0.25, 0.3) is 0 Å². The van der Waals surface area contributed by atoms with Crippen LogP contribution in [0.3, 0.4) is 0 Å². The SMILES string of the molecule is Nc1cc(Br)c(CCl)c(OC(F)(F)F)c1. The van der Waals surface area contributed by atoms with E-state index in [2.05, 4.69) is 20.7 Å². The number of alkyl halides is 4. The summed E-state index contributed by atoms with van der Waals surface area (Å²) in [6.45, 7) is 0. The summed E-state index contributed by atoms with van der Waals surface area (Å²) >= 11 is 8.55. The molecule has 7 heteroatoms. The first kappa shape index (κ1) is 12.4. The highest BCUT2D eigenvalue weighted by Crippen LogP contribution is 2.34. The normalized spacial score (nSPS) is 11.5.